The van der Waals surface area contributed by atoms with Crippen molar-refractivity contribution in [2.24, 2.45) is 0 Å². The van der Waals surface area contributed by atoms with Crippen LogP contribution in [0.15, 0.2) is 0 Å². The molecule has 4 nitrogen and oxygen atoms in total. The van der Waals surface area contributed by atoms with Crippen LogP contribution in [0.3, 0.4) is 0 Å². The van der Waals surface area contributed by atoms with Crippen LogP contribution in [0.5, 0.6) is 0 Å². The van der Waals surface area contributed by atoms with Gasteiger partial charge in [-0.25, -0.2) is 0 Å². The summed E-state index contributed by atoms with van der Waals surface area (Å²) in [6.45, 7) is 0.0787. The van der Waals surface area contributed by atoms with Gasteiger partial charge in [0, 0.05) is 29.7 Å². The molecule has 0 aliphatic carbocycles. The Balaban J connectivity index is 0. The van der Waals surface area contributed by atoms with Gasteiger partial charge in [-0.05, 0) is 0 Å². The maximum absolute atomic E-state index is 10.2. The monoisotopic (exact) mass is 226 g/mol. The predicted molar refractivity (Wildman–Crippen MR) is 54.2 cm³/mol. The molecule has 0 bridgehead atoms. The number of hydrogen-bond acceptors (Lipinski definition) is 4. The van der Waals surface area contributed by atoms with Crippen LogP contribution in [0.4, 0.5) is 0 Å². The molecule has 0 unspecified atom stereocenters. The minimum Gasteiger partial charge on any atom is -0.269 e. The third-order valence-corrected chi connectivity index (χ3v) is 1.14. The topological polar surface area (TPSA) is 60.4 Å². The van der Waals surface area contributed by atoms with E-state index in [0.717, 1.165) is 6.26 Å². The maximum atomic E-state index is 10.2. The standard InChI is InChI=1S/C5H8O3S.C2H6OS/c1-3-4-5-8-9(2,6)7;1-4(2)3/h1H,4-5H2,2H3;1-2H3. The van der Waals surface area contributed by atoms with Crippen molar-refractivity contribution in [3.8, 4) is 12.3 Å². The molecule has 0 saturated heterocycles. The molecule has 0 aromatic heterocycles. The average Bonchev–Trinajstić information content (AvgIpc) is 1.83. The Kier molecular flexibility index (Phi) is 9.56. The minimum atomic E-state index is -3.29. The van der Waals surface area contributed by atoms with Crippen LogP contribution < -0.4 is 0 Å². The zero-order chi connectivity index (χ0) is 10.9. The Morgan fingerprint density at radius 1 is 1.46 bits per heavy atom. The smallest absolute Gasteiger partial charge is 0.264 e. The third-order valence-electron chi connectivity index (χ3n) is 0.544. The van der Waals surface area contributed by atoms with Crippen molar-refractivity contribution in [1.29, 1.82) is 0 Å². The van der Waals surface area contributed by atoms with E-state index in [1.807, 2.05) is 0 Å². The molecule has 6 heteroatoms. The van der Waals surface area contributed by atoms with E-state index in [9.17, 15) is 12.6 Å². The van der Waals surface area contributed by atoms with Crippen molar-refractivity contribution in [3.05, 3.63) is 0 Å². The molecule has 0 aromatic carbocycles. The molecule has 0 rings (SSSR count). The summed E-state index contributed by atoms with van der Waals surface area (Å²) in [7, 11) is -3.90. The van der Waals surface area contributed by atoms with E-state index < -0.39 is 20.9 Å². The fourth-order valence-electron chi connectivity index (χ4n) is 0.252. The first-order chi connectivity index (χ1) is 5.79. The molecule has 13 heavy (non-hydrogen) atoms. The molecule has 0 aliphatic rings. The molecule has 0 atom stereocenters. The molecule has 0 amide bonds. The zero-order valence-electron chi connectivity index (χ0n) is 7.94. The second-order valence-electron chi connectivity index (χ2n) is 2.22. The fourth-order valence-corrected chi connectivity index (χ4v) is 0.638. The molecule has 0 spiro atoms. The van der Waals surface area contributed by atoms with Gasteiger partial charge in [0.1, 0.15) is 0 Å². The lowest BCUT2D eigenvalue weighted by Crippen LogP contribution is -2.02. The SMILES string of the molecule is C#CCCOS(C)(=O)=O.CS(C)=O. The molecule has 0 N–H and O–H groups in total. The molecule has 78 valence electrons. The van der Waals surface area contributed by atoms with Crippen molar-refractivity contribution in [2.45, 2.75) is 6.42 Å². The van der Waals surface area contributed by atoms with Gasteiger partial charge in [0.25, 0.3) is 10.1 Å². The lowest BCUT2D eigenvalue weighted by molar-refractivity contribution is 0.330. The first kappa shape index (κ1) is 15.1. The Bertz CT molecular complexity index is 269. The highest BCUT2D eigenvalue weighted by Gasteiger charge is 1.97. The summed E-state index contributed by atoms with van der Waals surface area (Å²) in [6, 6.07) is 0. The van der Waals surface area contributed by atoms with E-state index in [-0.39, 0.29) is 6.61 Å². The van der Waals surface area contributed by atoms with Gasteiger partial charge in [-0.1, -0.05) is 0 Å². The maximum Gasteiger partial charge on any atom is 0.264 e. The molecular weight excluding hydrogens is 212 g/mol. The molecule has 0 radical (unpaired) electrons. The van der Waals surface area contributed by atoms with Crippen molar-refractivity contribution in [3.63, 3.8) is 0 Å². The highest BCUT2D eigenvalue weighted by Crippen LogP contribution is 1.87. The molecule has 0 fully saturated rings. The number of rotatable bonds is 3. The van der Waals surface area contributed by atoms with Crippen LogP contribution in [0.25, 0.3) is 0 Å². The summed E-state index contributed by atoms with van der Waals surface area (Å²) in [6.07, 6.45) is 9.43. The summed E-state index contributed by atoms with van der Waals surface area (Å²) in [5.41, 5.74) is 0. The Hall–Kier alpha value is -0.380. The van der Waals surface area contributed by atoms with Gasteiger partial charge in [0.15, 0.2) is 0 Å². The molecular formula is C7H14O4S2. The van der Waals surface area contributed by atoms with E-state index in [2.05, 4.69) is 10.1 Å². The predicted octanol–water partition coefficient (Wildman–Crippen LogP) is -0.0194. The largest absolute Gasteiger partial charge is 0.269 e. The van der Waals surface area contributed by atoms with E-state index in [0.29, 0.717) is 6.42 Å². The van der Waals surface area contributed by atoms with Crippen molar-refractivity contribution < 1.29 is 16.8 Å². The summed E-state index contributed by atoms with van der Waals surface area (Å²) >= 11 is 0. The average molecular weight is 226 g/mol. The molecule has 0 aromatic rings. The van der Waals surface area contributed by atoms with Gasteiger partial charge in [-0.2, -0.15) is 8.42 Å². The van der Waals surface area contributed by atoms with Gasteiger partial charge in [-0.15, -0.1) is 12.3 Å². The van der Waals surface area contributed by atoms with Gasteiger partial charge in [0.2, 0.25) is 0 Å². The fraction of sp³-hybridized carbons (Fsp3) is 0.714. The van der Waals surface area contributed by atoms with Crippen LogP contribution >= 0.6 is 0 Å². The number of terminal acetylenes is 1. The van der Waals surface area contributed by atoms with Crippen molar-refractivity contribution in [1.82, 2.24) is 0 Å². The van der Waals surface area contributed by atoms with Gasteiger partial charge in [-0.3, -0.25) is 8.39 Å². The van der Waals surface area contributed by atoms with Crippen LogP contribution in [0.1, 0.15) is 6.42 Å². The zero-order valence-corrected chi connectivity index (χ0v) is 9.57. The summed E-state index contributed by atoms with van der Waals surface area (Å²) < 4.78 is 34.3. The Morgan fingerprint density at radius 3 is 2.08 bits per heavy atom. The summed E-state index contributed by atoms with van der Waals surface area (Å²) in [5, 5.41) is 0. The Labute approximate surface area is 82.3 Å². The lowest BCUT2D eigenvalue weighted by Gasteiger charge is -1.94. The molecule has 0 heterocycles. The van der Waals surface area contributed by atoms with Crippen molar-refractivity contribution in [2.75, 3.05) is 25.4 Å². The van der Waals surface area contributed by atoms with Crippen molar-refractivity contribution >= 4 is 20.9 Å². The second-order valence-corrected chi connectivity index (χ2v) is 5.35. The minimum absolute atomic E-state index is 0.0787. The van der Waals surface area contributed by atoms with Gasteiger partial charge >= 0.3 is 0 Å². The van der Waals surface area contributed by atoms with Gasteiger partial charge < -0.3 is 0 Å². The number of hydrogen-bond donors (Lipinski definition) is 0. The van der Waals surface area contributed by atoms with E-state index in [4.69, 9.17) is 6.42 Å². The molecule has 0 aliphatic heterocycles. The quantitative estimate of drug-likeness (QED) is 0.385. The Morgan fingerprint density at radius 2 is 1.85 bits per heavy atom. The van der Waals surface area contributed by atoms with Gasteiger partial charge in [0.05, 0.1) is 12.9 Å². The van der Waals surface area contributed by atoms with E-state index >= 15 is 0 Å². The summed E-state index contributed by atoms with van der Waals surface area (Å²) in [4.78, 5) is 0. The third kappa shape index (κ3) is 34.0. The van der Waals surface area contributed by atoms with E-state index in [1.54, 1.807) is 12.5 Å². The second kappa shape index (κ2) is 8.23. The van der Waals surface area contributed by atoms with Crippen LogP contribution in [-0.4, -0.2) is 38.0 Å². The highest BCUT2D eigenvalue weighted by atomic mass is 32.2. The molecule has 0 saturated carbocycles. The van der Waals surface area contributed by atoms with Crippen LogP contribution in [0, 0.1) is 12.3 Å². The van der Waals surface area contributed by atoms with Crippen LogP contribution in [0.2, 0.25) is 0 Å². The lowest BCUT2D eigenvalue weighted by atomic mass is 10.5. The highest BCUT2D eigenvalue weighted by molar-refractivity contribution is 7.86. The first-order valence-electron chi connectivity index (χ1n) is 3.32. The van der Waals surface area contributed by atoms with E-state index in [1.165, 1.54) is 0 Å². The normalized spacial score (nSPS) is 10.1. The summed E-state index contributed by atoms with van der Waals surface area (Å²) in [5.74, 6) is 2.25. The van der Waals surface area contributed by atoms with Crippen LogP contribution in [-0.2, 0) is 25.1 Å². The first-order valence-corrected chi connectivity index (χ1v) is 7.11.